The molecule has 1 aromatic carbocycles. The maximum absolute atomic E-state index is 10.3. The molecule has 0 saturated heterocycles. The van der Waals surface area contributed by atoms with E-state index >= 15 is 0 Å². The summed E-state index contributed by atoms with van der Waals surface area (Å²) >= 11 is 3.32. The number of rotatable bonds is 2. The van der Waals surface area contributed by atoms with Crippen LogP contribution in [0.5, 0.6) is 0 Å². The van der Waals surface area contributed by atoms with Gasteiger partial charge < -0.3 is 9.52 Å². The fourth-order valence-electron chi connectivity index (χ4n) is 2.01. The van der Waals surface area contributed by atoms with Crippen LogP contribution in [0.1, 0.15) is 23.1 Å². The number of nitrogens with zero attached hydrogens (tertiary/aromatic N) is 1. The van der Waals surface area contributed by atoms with Gasteiger partial charge in [0.2, 0.25) is 0 Å². The smallest absolute Gasteiger partial charge is 0.153 e. The molecule has 0 saturated carbocycles. The van der Waals surface area contributed by atoms with Crippen molar-refractivity contribution in [3.8, 4) is 0 Å². The van der Waals surface area contributed by atoms with Crippen LogP contribution in [-0.2, 0) is 0 Å². The lowest BCUT2D eigenvalue weighted by Crippen LogP contribution is -2.00. The third-order valence-electron chi connectivity index (χ3n) is 2.99. The van der Waals surface area contributed by atoms with Gasteiger partial charge in [0.25, 0.3) is 0 Å². The van der Waals surface area contributed by atoms with Gasteiger partial charge in [-0.15, -0.1) is 0 Å². The molecule has 19 heavy (non-hydrogen) atoms. The Balaban J connectivity index is 2.01. The molecule has 0 spiro atoms. The van der Waals surface area contributed by atoms with E-state index in [-0.39, 0.29) is 0 Å². The lowest BCUT2D eigenvalue weighted by Gasteiger charge is -2.06. The van der Waals surface area contributed by atoms with Crippen LogP contribution >= 0.6 is 15.9 Å². The Morgan fingerprint density at radius 3 is 2.79 bits per heavy atom. The molecule has 0 bridgehead atoms. The molecule has 1 unspecified atom stereocenters. The van der Waals surface area contributed by atoms with Gasteiger partial charge in [0, 0.05) is 16.1 Å². The molecule has 2 heterocycles. The van der Waals surface area contributed by atoms with Crippen molar-refractivity contribution in [2.45, 2.75) is 13.0 Å². The highest BCUT2D eigenvalue weighted by Crippen LogP contribution is 2.28. The molecule has 3 nitrogen and oxygen atoms in total. The van der Waals surface area contributed by atoms with Gasteiger partial charge in [-0.05, 0) is 53.2 Å². The van der Waals surface area contributed by atoms with E-state index in [2.05, 4.69) is 20.9 Å². The summed E-state index contributed by atoms with van der Waals surface area (Å²) in [5.74, 6) is 0.510. The SMILES string of the molecule is Cc1ccc2oc(C(O)c3ccc(Br)cn3)cc2c1. The van der Waals surface area contributed by atoms with E-state index in [9.17, 15) is 5.11 Å². The number of pyridine rings is 1. The number of hydrogen-bond acceptors (Lipinski definition) is 3. The van der Waals surface area contributed by atoms with Gasteiger partial charge >= 0.3 is 0 Å². The Morgan fingerprint density at radius 2 is 2.05 bits per heavy atom. The Morgan fingerprint density at radius 1 is 1.21 bits per heavy atom. The minimum Gasteiger partial charge on any atom is -0.458 e. The second kappa shape index (κ2) is 4.79. The third-order valence-corrected chi connectivity index (χ3v) is 3.46. The van der Waals surface area contributed by atoms with Crippen LogP contribution in [0.3, 0.4) is 0 Å². The van der Waals surface area contributed by atoms with Crippen molar-refractivity contribution < 1.29 is 9.52 Å². The predicted octanol–water partition coefficient (Wildman–Crippen LogP) is 3.98. The molecule has 96 valence electrons. The standard InChI is InChI=1S/C15H12BrNO2/c1-9-2-5-13-10(6-9)7-14(19-13)15(18)12-4-3-11(16)8-17-12/h2-8,15,18H,1H3. The zero-order chi connectivity index (χ0) is 13.4. The molecule has 2 aromatic heterocycles. The van der Waals surface area contributed by atoms with Crippen LogP contribution < -0.4 is 0 Å². The molecular formula is C15H12BrNO2. The van der Waals surface area contributed by atoms with Crippen LogP contribution in [0, 0.1) is 6.92 Å². The zero-order valence-electron chi connectivity index (χ0n) is 10.3. The van der Waals surface area contributed by atoms with Crippen molar-refractivity contribution in [3.05, 3.63) is 64.1 Å². The van der Waals surface area contributed by atoms with Crippen molar-refractivity contribution in [2.24, 2.45) is 0 Å². The van der Waals surface area contributed by atoms with Gasteiger partial charge in [-0.2, -0.15) is 0 Å². The number of furan rings is 1. The summed E-state index contributed by atoms with van der Waals surface area (Å²) in [6, 6.07) is 11.4. The minimum atomic E-state index is -0.846. The second-order valence-electron chi connectivity index (χ2n) is 4.49. The van der Waals surface area contributed by atoms with E-state index in [1.54, 1.807) is 12.3 Å². The molecule has 0 fully saturated rings. The molecular weight excluding hydrogens is 306 g/mol. The Kier molecular flexibility index (Phi) is 3.12. The molecule has 0 aliphatic carbocycles. The summed E-state index contributed by atoms with van der Waals surface area (Å²) < 4.78 is 6.55. The summed E-state index contributed by atoms with van der Waals surface area (Å²) in [7, 11) is 0. The van der Waals surface area contributed by atoms with E-state index in [0.717, 1.165) is 21.0 Å². The van der Waals surface area contributed by atoms with Crippen LogP contribution in [0.15, 0.2) is 51.5 Å². The number of aliphatic hydroxyl groups excluding tert-OH is 1. The van der Waals surface area contributed by atoms with Crippen molar-refractivity contribution in [2.75, 3.05) is 0 Å². The van der Waals surface area contributed by atoms with E-state index in [1.807, 2.05) is 37.3 Å². The van der Waals surface area contributed by atoms with E-state index in [1.165, 1.54) is 0 Å². The van der Waals surface area contributed by atoms with Gasteiger partial charge in [-0.3, -0.25) is 4.98 Å². The highest BCUT2D eigenvalue weighted by Gasteiger charge is 2.16. The number of hydrogen-bond donors (Lipinski definition) is 1. The van der Waals surface area contributed by atoms with E-state index < -0.39 is 6.10 Å². The second-order valence-corrected chi connectivity index (χ2v) is 5.41. The first-order chi connectivity index (χ1) is 9.13. The molecule has 3 aromatic rings. The molecule has 0 aliphatic heterocycles. The highest BCUT2D eigenvalue weighted by molar-refractivity contribution is 9.10. The zero-order valence-corrected chi connectivity index (χ0v) is 11.9. The molecule has 0 radical (unpaired) electrons. The van der Waals surface area contributed by atoms with Gasteiger partial charge in [-0.1, -0.05) is 11.6 Å². The number of aliphatic hydroxyl groups is 1. The number of benzene rings is 1. The third kappa shape index (κ3) is 2.41. The van der Waals surface area contributed by atoms with Crippen LogP contribution in [-0.4, -0.2) is 10.1 Å². The minimum absolute atomic E-state index is 0.510. The summed E-state index contributed by atoms with van der Waals surface area (Å²) in [4.78, 5) is 4.19. The Bertz CT molecular complexity index is 719. The normalized spacial score (nSPS) is 12.8. The highest BCUT2D eigenvalue weighted by atomic mass is 79.9. The summed E-state index contributed by atoms with van der Waals surface area (Å²) in [5, 5.41) is 11.3. The van der Waals surface area contributed by atoms with Gasteiger partial charge in [0.05, 0.1) is 5.69 Å². The van der Waals surface area contributed by atoms with Gasteiger partial charge in [0.15, 0.2) is 6.10 Å². The Labute approximate surface area is 119 Å². The monoisotopic (exact) mass is 317 g/mol. The topological polar surface area (TPSA) is 46.3 Å². The summed E-state index contributed by atoms with van der Waals surface area (Å²) in [5.41, 5.74) is 2.51. The predicted molar refractivity (Wildman–Crippen MR) is 76.9 cm³/mol. The largest absolute Gasteiger partial charge is 0.458 e. The van der Waals surface area contributed by atoms with E-state index in [4.69, 9.17) is 4.42 Å². The van der Waals surface area contributed by atoms with Gasteiger partial charge in [0.1, 0.15) is 11.3 Å². The van der Waals surface area contributed by atoms with Crippen molar-refractivity contribution in [1.82, 2.24) is 4.98 Å². The number of aryl methyl sites for hydroxylation is 1. The Hall–Kier alpha value is -1.65. The number of fused-ring (bicyclic) bond motifs is 1. The van der Waals surface area contributed by atoms with E-state index in [0.29, 0.717) is 11.5 Å². The maximum atomic E-state index is 10.3. The first kappa shape index (κ1) is 12.4. The molecule has 3 rings (SSSR count). The molecule has 0 aliphatic rings. The fraction of sp³-hybridized carbons (Fsp3) is 0.133. The molecule has 0 amide bonds. The van der Waals surface area contributed by atoms with Crippen molar-refractivity contribution in [3.63, 3.8) is 0 Å². The molecule has 1 atom stereocenters. The number of aromatic nitrogens is 1. The molecule has 1 N–H and O–H groups in total. The lowest BCUT2D eigenvalue weighted by atomic mass is 10.1. The van der Waals surface area contributed by atoms with Gasteiger partial charge in [-0.25, -0.2) is 0 Å². The van der Waals surface area contributed by atoms with Crippen LogP contribution in [0.4, 0.5) is 0 Å². The lowest BCUT2D eigenvalue weighted by molar-refractivity contribution is 0.187. The van der Waals surface area contributed by atoms with Crippen molar-refractivity contribution in [1.29, 1.82) is 0 Å². The first-order valence-corrected chi connectivity index (χ1v) is 6.72. The quantitative estimate of drug-likeness (QED) is 0.777. The van der Waals surface area contributed by atoms with Crippen molar-refractivity contribution >= 4 is 26.9 Å². The average molecular weight is 318 g/mol. The number of halogens is 1. The van der Waals surface area contributed by atoms with Crippen LogP contribution in [0.25, 0.3) is 11.0 Å². The van der Waals surface area contributed by atoms with Crippen LogP contribution in [0.2, 0.25) is 0 Å². The first-order valence-electron chi connectivity index (χ1n) is 5.93. The molecule has 4 heteroatoms. The summed E-state index contributed by atoms with van der Waals surface area (Å²) in [6.07, 6.45) is 0.812. The summed E-state index contributed by atoms with van der Waals surface area (Å²) in [6.45, 7) is 2.03. The maximum Gasteiger partial charge on any atom is 0.153 e. The average Bonchev–Trinajstić information content (AvgIpc) is 2.81. The fourth-order valence-corrected chi connectivity index (χ4v) is 2.25.